The summed E-state index contributed by atoms with van der Waals surface area (Å²) in [7, 11) is 0. The van der Waals surface area contributed by atoms with Crippen molar-refractivity contribution in [1.29, 1.82) is 0 Å². The van der Waals surface area contributed by atoms with Crippen molar-refractivity contribution in [2.75, 3.05) is 0 Å². The van der Waals surface area contributed by atoms with Gasteiger partial charge in [0.05, 0.1) is 0 Å². The van der Waals surface area contributed by atoms with Crippen LogP contribution in [0.2, 0.25) is 10.0 Å². The van der Waals surface area contributed by atoms with Crippen molar-refractivity contribution >= 4 is 23.2 Å². The van der Waals surface area contributed by atoms with E-state index >= 15 is 0 Å². The van der Waals surface area contributed by atoms with Gasteiger partial charge >= 0.3 is 0 Å². The number of rotatable bonds is 3. The maximum atomic E-state index is 6.03. The molecular weight excluding hydrogens is 203 g/mol. The van der Waals surface area contributed by atoms with Gasteiger partial charge in [0.15, 0.2) is 0 Å². The van der Waals surface area contributed by atoms with E-state index in [9.17, 15) is 0 Å². The van der Waals surface area contributed by atoms with E-state index in [4.69, 9.17) is 23.2 Å². The van der Waals surface area contributed by atoms with E-state index in [0.717, 1.165) is 28.5 Å². The summed E-state index contributed by atoms with van der Waals surface area (Å²) in [4.78, 5) is 0. The molecular formula is C11H14Cl2. The van der Waals surface area contributed by atoms with E-state index in [1.165, 1.54) is 0 Å². The minimum absolute atomic E-state index is 0.687. The fraction of sp³-hybridized carbons (Fsp3) is 0.455. The molecule has 0 spiro atoms. The van der Waals surface area contributed by atoms with Gasteiger partial charge in [0, 0.05) is 10.0 Å². The first-order chi connectivity index (χ1) is 6.11. The number of halogens is 2. The predicted molar refractivity (Wildman–Crippen MR) is 59.6 cm³/mol. The van der Waals surface area contributed by atoms with Crippen LogP contribution in [0.5, 0.6) is 0 Å². The van der Waals surface area contributed by atoms with E-state index in [0.29, 0.717) is 5.92 Å². The van der Waals surface area contributed by atoms with Crippen molar-refractivity contribution in [3.8, 4) is 0 Å². The van der Waals surface area contributed by atoms with Crippen LogP contribution in [0.1, 0.15) is 25.8 Å². The third kappa shape index (κ3) is 3.21. The first-order valence-corrected chi connectivity index (χ1v) is 5.29. The molecule has 0 aliphatic heterocycles. The van der Waals surface area contributed by atoms with Crippen molar-refractivity contribution in [3.05, 3.63) is 33.8 Å². The van der Waals surface area contributed by atoms with Gasteiger partial charge in [-0.1, -0.05) is 43.1 Å². The van der Waals surface area contributed by atoms with Crippen molar-refractivity contribution in [2.45, 2.75) is 26.7 Å². The third-order valence-electron chi connectivity index (χ3n) is 2.03. The Balaban J connectivity index is 2.75. The Morgan fingerprint density at radius 1 is 1.15 bits per heavy atom. The lowest BCUT2D eigenvalue weighted by Gasteiger charge is -2.08. The summed E-state index contributed by atoms with van der Waals surface area (Å²) < 4.78 is 0. The fourth-order valence-electron chi connectivity index (χ4n) is 1.20. The highest BCUT2D eigenvalue weighted by Crippen LogP contribution is 2.26. The highest BCUT2D eigenvalue weighted by molar-refractivity contribution is 6.35. The smallest absolute Gasteiger partial charge is 0.0452 e. The molecule has 0 aliphatic carbocycles. The Bertz CT molecular complexity index is 259. The summed E-state index contributed by atoms with van der Waals surface area (Å²) in [6.45, 7) is 4.40. The first kappa shape index (κ1) is 10.9. The van der Waals surface area contributed by atoms with Gasteiger partial charge in [-0.2, -0.15) is 0 Å². The maximum absolute atomic E-state index is 6.03. The van der Waals surface area contributed by atoms with Gasteiger partial charge in [-0.25, -0.2) is 0 Å². The van der Waals surface area contributed by atoms with Crippen molar-refractivity contribution < 1.29 is 0 Å². The number of hydrogen-bond donors (Lipinski definition) is 0. The van der Waals surface area contributed by atoms with E-state index < -0.39 is 0 Å². The molecule has 72 valence electrons. The maximum Gasteiger partial charge on any atom is 0.0452 e. The summed E-state index contributed by atoms with van der Waals surface area (Å²) >= 11 is 12.1. The molecule has 0 amide bonds. The molecule has 1 aromatic rings. The topological polar surface area (TPSA) is 0 Å². The summed E-state index contributed by atoms with van der Waals surface area (Å²) in [6.07, 6.45) is 2.10. The fourth-order valence-corrected chi connectivity index (χ4v) is 1.79. The molecule has 0 saturated heterocycles. The molecule has 0 saturated carbocycles. The zero-order valence-electron chi connectivity index (χ0n) is 7.98. The quantitative estimate of drug-likeness (QED) is 0.694. The standard InChI is InChI=1S/C11H14Cl2/c1-8(2)6-7-9-10(12)4-3-5-11(9)13/h3-5,8H,6-7H2,1-2H3. The molecule has 0 fully saturated rings. The molecule has 0 aromatic heterocycles. The van der Waals surface area contributed by atoms with Crippen molar-refractivity contribution in [3.63, 3.8) is 0 Å². The number of benzene rings is 1. The Morgan fingerprint density at radius 3 is 2.15 bits per heavy atom. The highest BCUT2D eigenvalue weighted by atomic mass is 35.5. The van der Waals surface area contributed by atoms with Crippen LogP contribution in [0.15, 0.2) is 18.2 Å². The predicted octanol–water partition coefficient (Wildman–Crippen LogP) is 4.58. The van der Waals surface area contributed by atoms with Crippen LogP contribution >= 0.6 is 23.2 Å². The van der Waals surface area contributed by atoms with Gasteiger partial charge in [0.2, 0.25) is 0 Å². The molecule has 2 heteroatoms. The average molecular weight is 217 g/mol. The van der Waals surface area contributed by atoms with E-state index in [1.807, 2.05) is 18.2 Å². The Morgan fingerprint density at radius 2 is 1.69 bits per heavy atom. The van der Waals surface area contributed by atoms with E-state index in [-0.39, 0.29) is 0 Å². The van der Waals surface area contributed by atoms with Gasteiger partial charge < -0.3 is 0 Å². The van der Waals surface area contributed by atoms with Gasteiger partial charge in [-0.3, -0.25) is 0 Å². The molecule has 0 atom stereocenters. The van der Waals surface area contributed by atoms with Crippen LogP contribution in [0, 0.1) is 5.92 Å². The van der Waals surface area contributed by atoms with Crippen LogP contribution < -0.4 is 0 Å². The molecule has 0 unspecified atom stereocenters. The Hall–Kier alpha value is -0.200. The molecule has 1 rings (SSSR count). The second-order valence-electron chi connectivity index (χ2n) is 3.63. The summed E-state index contributed by atoms with van der Waals surface area (Å²) in [5.41, 5.74) is 1.08. The van der Waals surface area contributed by atoms with Crippen LogP contribution in [0.25, 0.3) is 0 Å². The Labute approximate surface area is 89.9 Å². The number of hydrogen-bond acceptors (Lipinski definition) is 0. The third-order valence-corrected chi connectivity index (χ3v) is 2.74. The zero-order valence-corrected chi connectivity index (χ0v) is 9.49. The molecule has 0 heterocycles. The average Bonchev–Trinajstić information content (AvgIpc) is 2.03. The van der Waals surface area contributed by atoms with Crippen LogP contribution in [-0.2, 0) is 6.42 Å². The lowest BCUT2D eigenvalue weighted by atomic mass is 10.0. The van der Waals surface area contributed by atoms with Gasteiger partial charge in [-0.15, -0.1) is 0 Å². The van der Waals surface area contributed by atoms with Gasteiger partial charge in [-0.05, 0) is 36.5 Å². The first-order valence-electron chi connectivity index (χ1n) is 4.54. The lowest BCUT2D eigenvalue weighted by Crippen LogP contribution is -1.93. The molecule has 0 bridgehead atoms. The monoisotopic (exact) mass is 216 g/mol. The van der Waals surface area contributed by atoms with Crippen LogP contribution in [0.3, 0.4) is 0 Å². The summed E-state index contributed by atoms with van der Waals surface area (Å²) in [5, 5.41) is 1.57. The van der Waals surface area contributed by atoms with E-state index in [1.54, 1.807) is 0 Å². The second kappa shape index (κ2) is 4.88. The van der Waals surface area contributed by atoms with Crippen molar-refractivity contribution in [2.24, 2.45) is 5.92 Å². The molecule has 0 aliphatic rings. The van der Waals surface area contributed by atoms with Crippen molar-refractivity contribution in [1.82, 2.24) is 0 Å². The molecule has 0 radical (unpaired) electrons. The minimum Gasteiger partial charge on any atom is -0.0840 e. The SMILES string of the molecule is CC(C)CCc1c(Cl)cccc1Cl. The minimum atomic E-state index is 0.687. The molecule has 1 aromatic carbocycles. The molecule has 0 N–H and O–H groups in total. The largest absolute Gasteiger partial charge is 0.0840 e. The summed E-state index contributed by atoms with van der Waals surface area (Å²) in [5.74, 6) is 0.687. The molecule has 0 nitrogen and oxygen atoms in total. The highest BCUT2D eigenvalue weighted by Gasteiger charge is 2.05. The summed E-state index contributed by atoms with van der Waals surface area (Å²) in [6, 6.07) is 5.66. The van der Waals surface area contributed by atoms with Crippen LogP contribution in [-0.4, -0.2) is 0 Å². The van der Waals surface area contributed by atoms with Crippen LogP contribution in [0.4, 0.5) is 0 Å². The molecule has 13 heavy (non-hydrogen) atoms. The normalized spacial score (nSPS) is 10.8. The van der Waals surface area contributed by atoms with Gasteiger partial charge in [0.25, 0.3) is 0 Å². The second-order valence-corrected chi connectivity index (χ2v) is 4.45. The van der Waals surface area contributed by atoms with E-state index in [2.05, 4.69) is 13.8 Å². The van der Waals surface area contributed by atoms with Gasteiger partial charge in [0.1, 0.15) is 0 Å². The Kier molecular flexibility index (Phi) is 4.08. The zero-order chi connectivity index (χ0) is 9.84. The lowest BCUT2D eigenvalue weighted by molar-refractivity contribution is 0.587.